The Morgan fingerprint density at radius 3 is 2.74 bits per heavy atom. The van der Waals surface area contributed by atoms with E-state index in [2.05, 4.69) is 52.4 Å². The third-order valence-electron chi connectivity index (χ3n) is 6.89. The Labute approximate surface area is 250 Å². The predicted molar refractivity (Wildman–Crippen MR) is 167 cm³/mol. The molecule has 0 aliphatic carbocycles. The van der Waals surface area contributed by atoms with Gasteiger partial charge in [0.15, 0.2) is 10.8 Å². The second-order valence-corrected chi connectivity index (χ2v) is 11.4. The van der Waals surface area contributed by atoms with Crippen molar-refractivity contribution in [1.29, 1.82) is 0 Å². The van der Waals surface area contributed by atoms with Crippen molar-refractivity contribution in [3.63, 3.8) is 0 Å². The molecule has 2 aromatic heterocycles. The molecule has 0 radical (unpaired) electrons. The van der Waals surface area contributed by atoms with Crippen molar-refractivity contribution in [1.82, 2.24) is 20.4 Å². The number of halogens is 3. The molecule has 1 saturated heterocycles. The second-order valence-electron chi connectivity index (χ2n) is 9.22. The van der Waals surface area contributed by atoms with Gasteiger partial charge in [0, 0.05) is 54.3 Å². The summed E-state index contributed by atoms with van der Waals surface area (Å²) in [5.74, 6) is 9.07. The normalized spacial score (nSPS) is 16.8. The van der Waals surface area contributed by atoms with Crippen LogP contribution in [0.4, 0.5) is 10.8 Å². The number of anilines is 1. The van der Waals surface area contributed by atoms with Crippen LogP contribution >= 0.6 is 60.3 Å². The van der Waals surface area contributed by atoms with Crippen molar-refractivity contribution >= 4 is 87.2 Å². The minimum atomic E-state index is 0. The molecule has 0 bridgehead atoms. The zero-order valence-corrected chi connectivity index (χ0v) is 25.3. The van der Waals surface area contributed by atoms with E-state index >= 15 is 0 Å². The average molecular weight is 619 g/mol. The predicted octanol–water partition coefficient (Wildman–Crippen LogP) is 4.93. The number of hydrogen-bond acceptors (Lipinski definition) is 10. The van der Waals surface area contributed by atoms with Crippen LogP contribution in [0, 0.1) is 6.92 Å². The number of thioether (sulfide) groups is 1. The molecule has 6 rings (SSSR count). The number of hydroxylamine groups is 1. The van der Waals surface area contributed by atoms with Crippen molar-refractivity contribution < 1.29 is 4.84 Å². The van der Waals surface area contributed by atoms with Crippen LogP contribution < -0.4 is 20.9 Å². The summed E-state index contributed by atoms with van der Waals surface area (Å²) in [5.41, 5.74) is 3.64. The molecule has 3 N–H and O–H groups in total. The lowest BCUT2D eigenvalue weighted by molar-refractivity contribution is 0.0187. The highest BCUT2D eigenvalue weighted by molar-refractivity contribution is 8.13. The summed E-state index contributed by atoms with van der Waals surface area (Å²) in [6.45, 7) is 9.26. The van der Waals surface area contributed by atoms with Gasteiger partial charge in [-0.1, -0.05) is 30.0 Å². The van der Waals surface area contributed by atoms with Crippen LogP contribution in [0.3, 0.4) is 0 Å². The highest BCUT2D eigenvalue weighted by Gasteiger charge is 2.28. The third kappa shape index (κ3) is 6.45. The summed E-state index contributed by atoms with van der Waals surface area (Å²) in [4.78, 5) is 21.9. The molecule has 208 valence electrons. The van der Waals surface area contributed by atoms with Crippen LogP contribution in [0.5, 0.6) is 5.75 Å². The van der Waals surface area contributed by atoms with Gasteiger partial charge >= 0.3 is 0 Å². The number of hydrazine groups is 1. The summed E-state index contributed by atoms with van der Waals surface area (Å²) < 4.78 is 0. The number of fused-ring (bicyclic) bond motifs is 4. The van der Waals surface area contributed by atoms with Gasteiger partial charge in [-0.15, -0.1) is 53.7 Å². The van der Waals surface area contributed by atoms with Crippen molar-refractivity contribution in [2.45, 2.75) is 26.3 Å². The van der Waals surface area contributed by atoms with Crippen LogP contribution in [-0.4, -0.2) is 65.2 Å². The molecule has 8 nitrogen and oxygen atoms in total. The number of amidine groups is 1. The topological polar surface area (TPSA) is 82.2 Å². The number of hydrogen-bond donors (Lipinski definition) is 2. The number of thiophene rings is 1. The molecular formula is C25H34Cl3N7OS2. The molecule has 1 aromatic carbocycles. The van der Waals surface area contributed by atoms with Crippen LogP contribution in [0.15, 0.2) is 35.3 Å². The highest BCUT2D eigenvalue weighted by atomic mass is 35.5. The first kappa shape index (κ1) is 31.0. The number of piperazine rings is 1. The van der Waals surface area contributed by atoms with Crippen LogP contribution in [-0.2, 0) is 13.0 Å². The summed E-state index contributed by atoms with van der Waals surface area (Å²) >= 11 is 3.39. The monoisotopic (exact) mass is 617 g/mol. The van der Waals surface area contributed by atoms with E-state index < -0.39 is 0 Å². The Bertz CT molecular complexity index is 1270. The number of benzene rings is 1. The average Bonchev–Trinajstić information content (AvgIpc) is 3.24. The Balaban J connectivity index is 0.00000133. The quantitative estimate of drug-likeness (QED) is 0.308. The molecule has 3 aromatic rings. The molecule has 13 heteroatoms. The van der Waals surface area contributed by atoms with Crippen LogP contribution in [0.2, 0.25) is 0 Å². The lowest BCUT2D eigenvalue weighted by Gasteiger charge is -2.35. The standard InChI is InChI=1S/C25H31N7OS2.3ClH/c1-17-15-22(28-20-6-3-2-5-18(17)20)31-12-10-30(11-13-31)9-4-14-34-25-29-24-23(33-32(25)26)19-7-8-27-16-21(19)35-24;;;/h2-3,5-6,15,27H,4,7-14,16,26H2,1H3;3*1H. The fraction of sp³-hybridized carbons (Fsp3) is 0.440. The zero-order valence-electron chi connectivity index (χ0n) is 21.2. The maximum atomic E-state index is 6.15. The van der Waals surface area contributed by atoms with Gasteiger partial charge in [-0.25, -0.2) is 15.8 Å². The van der Waals surface area contributed by atoms with E-state index in [-0.39, 0.29) is 37.2 Å². The smallest absolute Gasteiger partial charge is 0.218 e. The van der Waals surface area contributed by atoms with Crippen LogP contribution in [0.25, 0.3) is 10.9 Å². The summed E-state index contributed by atoms with van der Waals surface area (Å²) in [7, 11) is 0. The second kappa shape index (κ2) is 13.7. The van der Waals surface area contributed by atoms with Gasteiger partial charge in [-0.2, -0.15) is 0 Å². The van der Waals surface area contributed by atoms with Gasteiger partial charge in [0.05, 0.1) is 5.52 Å². The molecule has 0 atom stereocenters. The Morgan fingerprint density at radius 2 is 1.92 bits per heavy atom. The Morgan fingerprint density at radius 1 is 1.13 bits per heavy atom. The summed E-state index contributed by atoms with van der Waals surface area (Å²) in [6, 6.07) is 10.6. The van der Waals surface area contributed by atoms with Gasteiger partial charge < -0.3 is 15.1 Å². The zero-order chi connectivity index (χ0) is 23.8. The van der Waals surface area contributed by atoms with E-state index in [0.29, 0.717) is 0 Å². The van der Waals surface area contributed by atoms with E-state index in [1.165, 1.54) is 26.6 Å². The Kier molecular flexibility index (Phi) is 11.2. The number of pyridine rings is 1. The van der Waals surface area contributed by atoms with Crippen molar-refractivity contribution in [3.05, 3.63) is 46.3 Å². The number of aliphatic imine (C=N–C) groups is 1. The van der Waals surface area contributed by atoms with Gasteiger partial charge in [-0.3, -0.25) is 4.90 Å². The maximum absolute atomic E-state index is 6.15. The fourth-order valence-electron chi connectivity index (χ4n) is 4.97. The van der Waals surface area contributed by atoms with Crippen LogP contribution in [0.1, 0.15) is 22.4 Å². The lowest BCUT2D eigenvalue weighted by Crippen LogP contribution is -2.47. The van der Waals surface area contributed by atoms with Crippen molar-refractivity contribution in [3.8, 4) is 5.75 Å². The molecule has 5 heterocycles. The van der Waals surface area contributed by atoms with Gasteiger partial charge in [-0.05, 0) is 50.6 Å². The third-order valence-corrected chi connectivity index (χ3v) is 9.02. The molecular weight excluding hydrogens is 585 g/mol. The van der Waals surface area contributed by atoms with E-state index in [1.54, 1.807) is 23.1 Å². The minimum absolute atomic E-state index is 0. The number of aryl methyl sites for hydroxylation is 1. The fourth-order valence-corrected chi connectivity index (χ4v) is 6.92. The number of nitrogens with zero attached hydrogens (tertiary/aromatic N) is 5. The SMILES string of the molecule is Cc1cc(N2CCN(CCCSC3=Nc4sc5c(c4ON3N)CCNC5)CC2)nc2ccccc12.Cl.Cl.Cl. The van der Waals surface area contributed by atoms with E-state index in [0.717, 1.165) is 91.7 Å². The van der Waals surface area contributed by atoms with E-state index in [4.69, 9.17) is 20.7 Å². The first-order valence-corrected chi connectivity index (χ1v) is 14.1. The number of para-hydroxylation sites is 1. The molecule has 0 saturated carbocycles. The number of aromatic nitrogens is 1. The van der Waals surface area contributed by atoms with Gasteiger partial charge in [0.2, 0.25) is 5.17 Å². The largest absolute Gasteiger partial charge is 0.359 e. The summed E-state index contributed by atoms with van der Waals surface area (Å²) in [5, 5.41) is 7.70. The molecule has 0 amide bonds. The minimum Gasteiger partial charge on any atom is -0.359 e. The van der Waals surface area contributed by atoms with Crippen molar-refractivity contribution in [2.75, 3.05) is 49.9 Å². The molecule has 3 aliphatic heterocycles. The van der Waals surface area contributed by atoms with E-state index in [9.17, 15) is 0 Å². The maximum Gasteiger partial charge on any atom is 0.218 e. The van der Waals surface area contributed by atoms with Gasteiger partial charge in [0.1, 0.15) is 5.82 Å². The number of nitrogens with two attached hydrogens (primary N) is 1. The molecule has 0 unspecified atom stereocenters. The highest BCUT2D eigenvalue weighted by Crippen LogP contribution is 2.46. The number of nitrogens with one attached hydrogen (secondary N) is 1. The lowest BCUT2D eigenvalue weighted by atomic mass is 10.1. The van der Waals surface area contributed by atoms with Gasteiger partial charge in [0.25, 0.3) is 0 Å². The molecule has 0 spiro atoms. The summed E-state index contributed by atoms with van der Waals surface area (Å²) in [6.07, 6.45) is 2.05. The first-order chi connectivity index (χ1) is 17.2. The molecule has 1 fully saturated rings. The number of rotatable bonds is 5. The first-order valence-electron chi connectivity index (χ1n) is 12.3. The molecule has 3 aliphatic rings. The van der Waals surface area contributed by atoms with E-state index in [1.807, 2.05) is 0 Å². The van der Waals surface area contributed by atoms with Crippen molar-refractivity contribution in [2.24, 2.45) is 10.8 Å². The molecule has 38 heavy (non-hydrogen) atoms. The Hall–Kier alpha value is -1.50.